The number of likely N-dealkylation sites (tertiary alicyclic amines) is 1. The van der Waals surface area contributed by atoms with Crippen LogP contribution in [0.3, 0.4) is 0 Å². The molecule has 5 aliphatic heterocycles. The molecule has 5 heterocycles. The first-order valence-corrected chi connectivity index (χ1v) is 23.7. The molecule has 6 amide bonds. The monoisotopic (exact) mass is 910 g/mol. The Balaban J connectivity index is 0.000000184. The van der Waals surface area contributed by atoms with Crippen molar-refractivity contribution in [3.05, 3.63) is 129 Å². The van der Waals surface area contributed by atoms with E-state index >= 15 is 0 Å². The minimum absolute atomic E-state index is 0.188. The van der Waals surface area contributed by atoms with E-state index in [0.29, 0.717) is 67.8 Å². The van der Waals surface area contributed by atoms with E-state index in [-0.39, 0.29) is 36.5 Å². The quantitative estimate of drug-likeness (QED) is 0.120. The average molecular weight is 911 g/mol. The minimum Gasteiger partial charge on any atom is -0.489 e. The predicted molar refractivity (Wildman–Crippen MR) is 251 cm³/mol. The van der Waals surface area contributed by atoms with Gasteiger partial charge in [0.15, 0.2) is 0 Å². The maximum absolute atomic E-state index is 13.0. The highest BCUT2D eigenvalue weighted by Crippen LogP contribution is 2.36. The number of hydrogen-bond acceptors (Lipinski definition) is 10. The normalized spacial score (nSPS) is 19.9. The van der Waals surface area contributed by atoms with Crippen LogP contribution in [-0.4, -0.2) is 81.4 Å². The summed E-state index contributed by atoms with van der Waals surface area (Å²) in [4.78, 5) is 79.0. The molecule has 4 aromatic rings. The molecule has 2 unspecified atom stereocenters. The smallest absolute Gasteiger partial charge is 0.255 e. The molecule has 0 aromatic heterocycles. The molecule has 0 radical (unpaired) electrons. The first kappa shape index (κ1) is 47.1. The highest BCUT2D eigenvalue weighted by molar-refractivity contribution is 6.06. The van der Waals surface area contributed by atoms with Crippen molar-refractivity contribution in [2.45, 2.75) is 124 Å². The molecular weight excluding hydrogens is 849 g/mol. The number of piperidine rings is 3. The maximum atomic E-state index is 13.0. The lowest BCUT2D eigenvalue weighted by Crippen LogP contribution is -2.52. The van der Waals surface area contributed by atoms with Crippen molar-refractivity contribution < 1.29 is 38.2 Å². The number of carbonyl (C=O) groups is 6. The Morgan fingerprint density at radius 2 is 1.03 bits per heavy atom. The summed E-state index contributed by atoms with van der Waals surface area (Å²) in [5.41, 5.74) is 7.34. The lowest BCUT2D eigenvalue weighted by Gasteiger charge is -2.33. The van der Waals surface area contributed by atoms with Crippen LogP contribution < -0.4 is 25.4 Å². The van der Waals surface area contributed by atoms with Crippen LogP contribution in [0.25, 0.3) is 0 Å². The molecule has 0 bridgehead atoms. The molecule has 14 heteroatoms. The van der Waals surface area contributed by atoms with E-state index in [1.54, 1.807) is 23.1 Å². The number of imide groups is 2. The van der Waals surface area contributed by atoms with Gasteiger partial charge < -0.3 is 24.6 Å². The maximum Gasteiger partial charge on any atom is 0.255 e. The van der Waals surface area contributed by atoms with Gasteiger partial charge in [-0.05, 0) is 97.1 Å². The van der Waals surface area contributed by atoms with Gasteiger partial charge in [-0.25, -0.2) is 0 Å². The molecule has 0 saturated carbocycles. The number of benzene rings is 4. The van der Waals surface area contributed by atoms with Gasteiger partial charge >= 0.3 is 0 Å². The summed E-state index contributed by atoms with van der Waals surface area (Å²) < 4.78 is 12.2. The molecule has 3 saturated heterocycles. The van der Waals surface area contributed by atoms with Crippen molar-refractivity contribution in [3.63, 3.8) is 0 Å². The standard InChI is InChI=1S/C29H35N3O4.C24H27N3O4/c1-19(2)22-12-14-31(15-13-22)16-20-6-8-21(9-7-20)18-36-26-5-3-4-23-24(26)17-32(29(23)35)25-10-11-27(33)30-28(25)34;1-15(2)25-12-16-6-8-17(9-7-16)14-31-21-5-3-4-18-19(21)13-27(24(18)30)20-10-11-22(28)26-23(20)29/h3-9,19,22,25H,10-18H2,1-2H3,(H,30,33,34);3-9,15,20,25H,10-14H2,1-2H3,(H,26,28,29). The van der Waals surface area contributed by atoms with Crippen molar-refractivity contribution in [2.24, 2.45) is 11.8 Å². The summed E-state index contributed by atoms with van der Waals surface area (Å²) in [6.07, 6.45) is 3.75. The predicted octanol–water partition coefficient (Wildman–Crippen LogP) is 6.42. The minimum atomic E-state index is -0.627. The van der Waals surface area contributed by atoms with Gasteiger partial charge in [-0.15, -0.1) is 0 Å². The highest BCUT2D eigenvalue weighted by Gasteiger charge is 2.41. The first-order chi connectivity index (χ1) is 32.3. The summed E-state index contributed by atoms with van der Waals surface area (Å²) >= 11 is 0. The molecule has 2 atom stereocenters. The fourth-order valence-corrected chi connectivity index (χ4v) is 9.56. The number of amides is 6. The van der Waals surface area contributed by atoms with E-state index in [2.05, 4.69) is 84.9 Å². The van der Waals surface area contributed by atoms with Crippen LogP contribution in [0.15, 0.2) is 84.9 Å². The number of ether oxygens (including phenoxy) is 2. The summed E-state index contributed by atoms with van der Waals surface area (Å²) in [5.74, 6) is 1.16. The Kier molecular flexibility index (Phi) is 14.8. The second kappa shape index (κ2) is 21.1. The number of carbonyl (C=O) groups excluding carboxylic acids is 6. The van der Waals surface area contributed by atoms with Crippen molar-refractivity contribution in [2.75, 3.05) is 13.1 Å². The summed E-state index contributed by atoms with van der Waals surface area (Å²) in [5, 5.41) is 8.07. The lowest BCUT2D eigenvalue weighted by atomic mass is 9.86. The van der Waals surface area contributed by atoms with Crippen molar-refractivity contribution >= 4 is 35.4 Å². The van der Waals surface area contributed by atoms with E-state index in [4.69, 9.17) is 9.47 Å². The fraction of sp³-hybridized carbons (Fsp3) is 0.434. The van der Waals surface area contributed by atoms with Crippen LogP contribution >= 0.6 is 0 Å². The van der Waals surface area contributed by atoms with Crippen LogP contribution in [-0.2, 0) is 58.6 Å². The summed E-state index contributed by atoms with van der Waals surface area (Å²) in [7, 11) is 0. The van der Waals surface area contributed by atoms with Crippen LogP contribution in [0.1, 0.15) is 120 Å². The third-order valence-corrected chi connectivity index (χ3v) is 13.6. The Morgan fingerprint density at radius 1 is 0.582 bits per heavy atom. The topological polar surface area (TPSA) is 167 Å². The van der Waals surface area contributed by atoms with Crippen LogP contribution in [0.2, 0.25) is 0 Å². The molecule has 14 nitrogen and oxygen atoms in total. The summed E-state index contributed by atoms with van der Waals surface area (Å²) in [6, 6.07) is 26.9. The van der Waals surface area contributed by atoms with E-state index in [1.807, 2.05) is 30.3 Å². The Bertz CT molecular complexity index is 2480. The zero-order valence-corrected chi connectivity index (χ0v) is 39.0. The molecule has 3 fully saturated rings. The Hall–Kier alpha value is -6.38. The van der Waals surface area contributed by atoms with E-state index in [9.17, 15) is 28.8 Å². The van der Waals surface area contributed by atoms with E-state index < -0.39 is 23.9 Å². The second-order valence-corrected chi connectivity index (χ2v) is 19.0. The van der Waals surface area contributed by atoms with Gasteiger partial charge in [0.2, 0.25) is 23.6 Å². The average Bonchev–Trinajstić information content (AvgIpc) is 3.84. The molecule has 4 aromatic carbocycles. The van der Waals surface area contributed by atoms with Crippen molar-refractivity contribution in [1.29, 1.82) is 0 Å². The van der Waals surface area contributed by atoms with E-state index in [0.717, 1.165) is 47.2 Å². The molecule has 352 valence electrons. The fourth-order valence-electron chi connectivity index (χ4n) is 9.56. The van der Waals surface area contributed by atoms with Crippen LogP contribution in [0.5, 0.6) is 11.5 Å². The zero-order chi connectivity index (χ0) is 47.2. The van der Waals surface area contributed by atoms with Crippen molar-refractivity contribution in [3.8, 4) is 11.5 Å². The molecular formula is C53H62N6O8. The molecule has 0 spiro atoms. The van der Waals surface area contributed by atoms with Crippen molar-refractivity contribution in [1.82, 2.24) is 30.7 Å². The van der Waals surface area contributed by atoms with Gasteiger partial charge in [-0.3, -0.25) is 44.3 Å². The van der Waals surface area contributed by atoms with Gasteiger partial charge in [0, 0.05) is 54.2 Å². The van der Waals surface area contributed by atoms with Gasteiger partial charge in [-0.2, -0.15) is 0 Å². The number of rotatable bonds is 14. The summed E-state index contributed by atoms with van der Waals surface area (Å²) in [6.45, 7) is 14.4. The molecule has 0 aliphatic carbocycles. The second-order valence-electron chi connectivity index (χ2n) is 19.0. The number of nitrogens with zero attached hydrogens (tertiary/aromatic N) is 3. The number of fused-ring (bicyclic) bond motifs is 2. The SMILES string of the molecule is CC(C)C1CCN(Cc2ccc(COc3cccc4c3CN(C3CCC(=O)NC3=O)C4=O)cc2)CC1.CC(C)NCc1ccc(COc2cccc3c2CN(C2CCC(=O)NC2=O)C3=O)cc1. The highest BCUT2D eigenvalue weighted by atomic mass is 16.5. The number of hydrogen-bond donors (Lipinski definition) is 3. The molecule has 67 heavy (non-hydrogen) atoms. The van der Waals surface area contributed by atoms with E-state index in [1.165, 1.54) is 42.0 Å². The first-order valence-electron chi connectivity index (χ1n) is 23.7. The van der Waals surface area contributed by atoms with Gasteiger partial charge in [-0.1, -0.05) is 88.4 Å². The third kappa shape index (κ3) is 11.3. The third-order valence-electron chi connectivity index (χ3n) is 13.6. The molecule has 3 N–H and O–H groups in total. The molecule has 5 aliphatic rings. The van der Waals surface area contributed by atoms with Gasteiger partial charge in [0.05, 0.1) is 13.1 Å². The lowest BCUT2D eigenvalue weighted by molar-refractivity contribution is -0.138. The van der Waals surface area contributed by atoms with Crippen LogP contribution in [0, 0.1) is 11.8 Å². The van der Waals surface area contributed by atoms with Gasteiger partial charge in [0.1, 0.15) is 36.8 Å². The molecule has 9 rings (SSSR count). The Morgan fingerprint density at radius 3 is 1.46 bits per heavy atom. The Labute approximate surface area is 392 Å². The van der Waals surface area contributed by atoms with Gasteiger partial charge in [0.25, 0.3) is 11.8 Å². The number of nitrogens with one attached hydrogen (secondary N) is 3. The largest absolute Gasteiger partial charge is 0.489 e. The van der Waals surface area contributed by atoms with Crippen LogP contribution in [0.4, 0.5) is 0 Å². The zero-order valence-electron chi connectivity index (χ0n) is 39.0.